The molecule has 0 unspecified atom stereocenters. The third-order valence-corrected chi connectivity index (χ3v) is 5.08. The van der Waals surface area contributed by atoms with E-state index in [-0.39, 0.29) is 23.2 Å². The van der Waals surface area contributed by atoms with E-state index in [1.807, 2.05) is 0 Å². The predicted octanol–water partition coefficient (Wildman–Crippen LogP) is 4.02. The molecule has 3 rings (SSSR count). The zero-order valence-corrected chi connectivity index (χ0v) is 17.0. The summed E-state index contributed by atoms with van der Waals surface area (Å²) in [6.07, 6.45) is 0. The van der Waals surface area contributed by atoms with E-state index in [1.54, 1.807) is 48.0 Å². The standard InChI is InChI=1S/C20H18F2N4O3S/c1-12(27)14-4-3-5-15(10-14)23-17(28)11-30-20-25-24-18(26(20)2)13-6-8-16(9-7-13)29-19(21)22/h3-10,19H,11H2,1-2H3,(H,23,28). The third-order valence-electron chi connectivity index (χ3n) is 4.06. The second-order valence-corrected chi connectivity index (χ2v) is 7.18. The number of rotatable bonds is 8. The highest BCUT2D eigenvalue weighted by molar-refractivity contribution is 7.99. The predicted molar refractivity (Wildman–Crippen MR) is 109 cm³/mol. The van der Waals surface area contributed by atoms with E-state index in [0.717, 1.165) is 0 Å². The van der Waals surface area contributed by atoms with Crippen LogP contribution in [0.3, 0.4) is 0 Å². The van der Waals surface area contributed by atoms with Gasteiger partial charge in [0.2, 0.25) is 5.91 Å². The zero-order chi connectivity index (χ0) is 21.7. The highest BCUT2D eigenvalue weighted by Gasteiger charge is 2.14. The lowest BCUT2D eigenvalue weighted by Gasteiger charge is -2.07. The van der Waals surface area contributed by atoms with Crippen LogP contribution in [0.1, 0.15) is 17.3 Å². The molecule has 1 aromatic heterocycles. The van der Waals surface area contributed by atoms with Crippen LogP contribution in [0, 0.1) is 0 Å². The van der Waals surface area contributed by atoms with Crippen LogP contribution in [0.25, 0.3) is 11.4 Å². The Morgan fingerprint density at radius 3 is 2.57 bits per heavy atom. The van der Waals surface area contributed by atoms with Gasteiger partial charge < -0.3 is 14.6 Å². The fourth-order valence-electron chi connectivity index (χ4n) is 2.62. The summed E-state index contributed by atoms with van der Waals surface area (Å²) < 4.78 is 30.5. The molecule has 0 aliphatic carbocycles. The van der Waals surface area contributed by atoms with Crippen LogP contribution in [-0.4, -0.2) is 38.8 Å². The second kappa shape index (κ2) is 9.49. The van der Waals surface area contributed by atoms with Crippen LogP contribution in [0.5, 0.6) is 5.75 Å². The SMILES string of the molecule is CC(=O)c1cccc(NC(=O)CSc2nnc(-c3ccc(OC(F)F)cc3)n2C)c1. The molecule has 2 aromatic carbocycles. The van der Waals surface area contributed by atoms with Crippen LogP contribution in [0.4, 0.5) is 14.5 Å². The molecule has 0 saturated carbocycles. The van der Waals surface area contributed by atoms with Gasteiger partial charge in [0.05, 0.1) is 5.75 Å². The number of Topliss-reactive ketones (excluding diaryl/α,β-unsaturated/α-hetero) is 1. The van der Waals surface area contributed by atoms with E-state index >= 15 is 0 Å². The van der Waals surface area contributed by atoms with E-state index in [4.69, 9.17) is 0 Å². The molecule has 0 bridgehead atoms. The Kier molecular flexibility index (Phi) is 6.78. The van der Waals surface area contributed by atoms with E-state index in [2.05, 4.69) is 20.3 Å². The Hall–Kier alpha value is -3.27. The Labute approximate surface area is 175 Å². The summed E-state index contributed by atoms with van der Waals surface area (Å²) in [5.74, 6) is 0.337. The number of alkyl halides is 2. The molecule has 30 heavy (non-hydrogen) atoms. The number of amides is 1. The average molecular weight is 432 g/mol. The van der Waals surface area contributed by atoms with Gasteiger partial charge in [0.15, 0.2) is 16.8 Å². The number of halogens is 2. The summed E-state index contributed by atoms with van der Waals surface area (Å²) in [5, 5.41) is 11.4. The smallest absolute Gasteiger partial charge is 0.387 e. The van der Waals surface area contributed by atoms with Crippen molar-refractivity contribution in [2.45, 2.75) is 18.7 Å². The van der Waals surface area contributed by atoms with E-state index < -0.39 is 6.61 Å². The molecular formula is C20H18F2N4O3S. The number of aromatic nitrogens is 3. The first kappa shape index (κ1) is 21.4. The maximum Gasteiger partial charge on any atom is 0.387 e. The van der Waals surface area contributed by atoms with Gasteiger partial charge in [-0.05, 0) is 43.3 Å². The fourth-order valence-corrected chi connectivity index (χ4v) is 3.33. The van der Waals surface area contributed by atoms with Gasteiger partial charge in [0.1, 0.15) is 5.75 Å². The van der Waals surface area contributed by atoms with Crippen molar-refractivity contribution in [1.82, 2.24) is 14.8 Å². The van der Waals surface area contributed by atoms with Crippen molar-refractivity contribution in [3.63, 3.8) is 0 Å². The third kappa shape index (κ3) is 5.41. The van der Waals surface area contributed by atoms with Gasteiger partial charge in [-0.1, -0.05) is 23.9 Å². The Morgan fingerprint density at radius 1 is 1.17 bits per heavy atom. The number of ether oxygens (including phenoxy) is 1. The van der Waals surface area contributed by atoms with Gasteiger partial charge in [-0.2, -0.15) is 8.78 Å². The molecule has 0 spiro atoms. The van der Waals surface area contributed by atoms with Crippen molar-refractivity contribution in [2.24, 2.45) is 7.05 Å². The second-order valence-electron chi connectivity index (χ2n) is 6.24. The molecule has 3 aromatic rings. The number of anilines is 1. The summed E-state index contributed by atoms with van der Waals surface area (Å²) in [6.45, 7) is -1.42. The minimum absolute atomic E-state index is 0.0519. The van der Waals surface area contributed by atoms with Gasteiger partial charge in [0, 0.05) is 23.9 Å². The first-order chi connectivity index (χ1) is 14.3. The van der Waals surface area contributed by atoms with Crippen molar-refractivity contribution in [3.8, 4) is 17.1 Å². The summed E-state index contributed by atoms with van der Waals surface area (Å²) in [6, 6.07) is 12.8. The largest absolute Gasteiger partial charge is 0.435 e. The highest BCUT2D eigenvalue weighted by atomic mass is 32.2. The topological polar surface area (TPSA) is 86.1 Å². The average Bonchev–Trinajstić information content (AvgIpc) is 3.07. The first-order valence-corrected chi connectivity index (χ1v) is 9.80. The Morgan fingerprint density at radius 2 is 1.90 bits per heavy atom. The number of nitrogens with zero attached hydrogens (tertiary/aromatic N) is 3. The van der Waals surface area contributed by atoms with Crippen LogP contribution < -0.4 is 10.1 Å². The normalized spacial score (nSPS) is 10.8. The van der Waals surface area contributed by atoms with Crippen LogP contribution >= 0.6 is 11.8 Å². The number of nitrogens with one attached hydrogen (secondary N) is 1. The van der Waals surface area contributed by atoms with Gasteiger partial charge in [-0.15, -0.1) is 10.2 Å². The molecule has 156 valence electrons. The van der Waals surface area contributed by atoms with Gasteiger partial charge in [0.25, 0.3) is 0 Å². The van der Waals surface area contributed by atoms with E-state index in [0.29, 0.717) is 27.8 Å². The number of thioether (sulfide) groups is 1. The fraction of sp³-hybridized carbons (Fsp3) is 0.200. The van der Waals surface area contributed by atoms with Crippen LogP contribution in [0.15, 0.2) is 53.7 Å². The Bertz CT molecular complexity index is 1050. The maximum absolute atomic E-state index is 12.3. The lowest BCUT2D eigenvalue weighted by atomic mass is 10.1. The van der Waals surface area contributed by atoms with Crippen LogP contribution in [0.2, 0.25) is 0 Å². The molecule has 1 N–H and O–H groups in total. The molecule has 10 heteroatoms. The molecule has 0 aliphatic heterocycles. The van der Waals surface area contributed by atoms with Crippen LogP contribution in [-0.2, 0) is 11.8 Å². The lowest BCUT2D eigenvalue weighted by Crippen LogP contribution is -2.14. The minimum Gasteiger partial charge on any atom is -0.435 e. The van der Waals surface area contributed by atoms with Gasteiger partial charge >= 0.3 is 6.61 Å². The molecule has 0 saturated heterocycles. The number of benzene rings is 2. The highest BCUT2D eigenvalue weighted by Crippen LogP contribution is 2.25. The number of hydrogen-bond acceptors (Lipinski definition) is 6. The molecule has 1 amide bonds. The molecule has 7 nitrogen and oxygen atoms in total. The minimum atomic E-state index is -2.88. The lowest BCUT2D eigenvalue weighted by molar-refractivity contribution is -0.113. The number of carbonyl (C=O) groups excluding carboxylic acids is 2. The molecular weight excluding hydrogens is 414 g/mol. The van der Waals surface area contributed by atoms with Crippen molar-refractivity contribution in [1.29, 1.82) is 0 Å². The van der Waals surface area contributed by atoms with Gasteiger partial charge in [-0.3, -0.25) is 9.59 Å². The molecule has 0 atom stereocenters. The number of carbonyl (C=O) groups is 2. The molecule has 1 heterocycles. The quantitative estimate of drug-likeness (QED) is 0.428. The monoisotopic (exact) mass is 432 g/mol. The summed E-state index contributed by atoms with van der Waals surface area (Å²) in [5.41, 5.74) is 1.73. The maximum atomic E-state index is 12.3. The summed E-state index contributed by atoms with van der Waals surface area (Å²) in [4.78, 5) is 23.7. The Balaban J connectivity index is 1.62. The van der Waals surface area contributed by atoms with Crippen molar-refractivity contribution in [2.75, 3.05) is 11.1 Å². The number of hydrogen-bond donors (Lipinski definition) is 1. The van der Waals surface area contributed by atoms with E-state index in [1.165, 1.54) is 30.8 Å². The molecule has 0 radical (unpaired) electrons. The molecule has 0 fully saturated rings. The van der Waals surface area contributed by atoms with Crippen molar-refractivity contribution < 1.29 is 23.1 Å². The zero-order valence-electron chi connectivity index (χ0n) is 16.1. The first-order valence-electron chi connectivity index (χ1n) is 8.82. The summed E-state index contributed by atoms with van der Waals surface area (Å²) in [7, 11) is 1.75. The summed E-state index contributed by atoms with van der Waals surface area (Å²) >= 11 is 1.20. The van der Waals surface area contributed by atoms with Crippen molar-refractivity contribution >= 4 is 29.1 Å². The van der Waals surface area contributed by atoms with Crippen molar-refractivity contribution in [3.05, 3.63) is 54.1 Å². The van der Waals surface area contributed by atoms with Gasteiger partial charge in [-0.25, -0.2) is 0 Å². The van der Waals surface area contributed by atoms with E-state index in [9.17, 15) is 18.4 Å². The molecule has 0 aliphatic rings. The number of ketones is 1.